The molecule has 0 bridgehead atoms. The third kappa shape index (κ3) is 3.37. The lowest BCUT2D eigenvalue weighted by Crippen LogP contribution is -2.03. The monoisotopic (exact) mass is 368 g/mol. The van der Waals surface area contributed by atoms with Crippen LogP contribution in [0.2, 0.25) is 0 Å². The summed E-state index contributed by atoms with van der Waals surface area (Å²) in [6.07, 6.45) is 7.03. The molecule has 0 saturated carbocycles. The SMILES string of the molecule is O=C(O)c1cccc(Cc2cc(F)cc3sc(C4=CCCCC4)nc23)n1. The highest BCUT2D eigenvalue weighted by atomic mass is 32.1. The fourth-order valence-corrected chi connectivity index (χ4v) is 4.36. The van der Waals surface area contributed by atoms with Gasteiger partial charge in [-0.3, -0.25) is 0 Å². The summed E-state index contributed by atoms with van der Waals surface area (Å²) in [6, 6.07) is 7.84. The van der Waals surface area contributed by atoms with Gasteiger partial charge in [0, 0.05) is 12.1 Å². The highest BCUT2D eigenvalue weighted by Crippen LogP contribution is 2.34. The van der Waals surface area contributed by atoms with Crippen molar-refractivity contribution < 1.29 is 14.3 Å². The van der Waals surface area contributed by atoms with Gasteiger partial charge in [0.05, 0.1) is 10.2 Å². The van der Waals surface area contributed by atoms with Crippen LogP contribution in [0.1, 0.15) is 52.4 Å². The Labute approximate surface area is 154 Å². The number of aromatic carboxylic acids is 1. The Balaban J connectivity index is 1.74. The first kappa shape index (κ1) is 16.8. The molecule has 0 unspecified atom stereocenters. The average Bonchev–Trinajstić information content (AvgIpc) is 3.07. The molecule has 0 fully saturated rings. The highest BCUT2D eigenvalue weighted by molar-refractivity contribution is 7.19. The molecule has 0 radical (unpaired) electrons. The third-order valence-corrected chi connectivity index (χ3v) is 5.58. The second kappa shape index (κ2) is 6.96. The lowest BCUT2D eigenvalue weighted by Gasteiger charge is -2.09. The van der Waals surface area contributed by atoms with Gasteiger partial charge >= 0.3 is 5.97 Å². The van der Waals surface area contributed by atoms with Crippen molar-refractivity contribution in [1.29, 1.82) is 0 Å². The fraction of sp³-hybridized carbons (Fsp3) is 0.250. The molecule has 1 aromatic carbocycles. The van der Waals surface area contributed by atoms with Gasteiger partial charge < -0.3 is 5.11 Å². The van der Waals surface area contributed by atoms with E-state index in [1.807, 2.05) is 0 Å². The van der Waals surface area contributed by atoms with Crippen LogP contribution in [0, 0.1) is 5.82 Å². The molecule has 0 atom stereocenters. The van der Waals surface area contributed by atoms with E-state index in [2.05, 4.69) is 11.1 Å². The summed E-state index contributed by atoms with van der Waals surface area (Å²) in [5.41, 5.74) is 3.33. The van der Waals surface area contributed by atoms with Crippen LogP contribution in [0.25, 0.3) is 15.8 Å². The molecule has 132 valence electrons. The molecule has 1 aliphatic rings. The molecule has 0 amide bonds. The molecule has 0 spiro atoms. The quantitative estimate of drug-likeness (QED) is 0.698. The van der Waals surface area contributed by atoms with Gasteiger partial charge in [-0.2, -0.15) is 0 Å². The van der Waals surface area contributed by atoms with Crippen molar-refractivity contribution in [2.75, 3.05) is 0 Å². The lowest BCUT2D eigenvalue weighted by molar-refractivity contribution is 0.0690. The van der Waals surface area contributed by atoms with Crippen LogP contribution in [-0.4, -0.2) is 21.0 Å². The minimum atomic E-state index is -1.07. The van der Waals surface area contributed by atoms with Gasteiger partial charge in [-0.15, -0.1) is 11.3 Å². The van der Waals surface area contributed by atoms with E-state index in [0.29, 0.717) is 12.1 Å². The molecule has 4 rings (SSSR count). The second-order valence-corrected chi connectivity index (χ2v) is 7.43. The molecule has 4 nitrogen and oxygen atoms in total. The zero-order valence-electron chi connectivity index (χ0n) is 14.0. The van der Waals surface area contributed by atoms with Crippen LogP contribution >= 0.6 is 11.3 Å². The average molecular weight is 368 g/mol. The van der Waals surface area contributed by atoms with E-state index in [4.69, 9.17) is 10.1 Å². The van der Waals surface area contributed by atoms with Crippen molar-refractivity contribution >= 4 is 33.1 Å². The summed E-state index contributed by atoms with van der Waals surface area (Å²) in [7, 11) is 0. The van der Waals surface area contributed by atoms with Gasteiger partial charge in [-0.1, -0.05) is 12.1 Å². The van der Waals surface area contributed by atoms with E-state index in [1.54, 1.807) is 12.1 Å². The predicted molar refractivity (Wildman–Crippen MR) is 100 cm³/mol. The summed E-state index contributed by atoms with van der Waals surface area (Å²) in [5, 5.41) is 10.1. The number of thiazole rings is 1. The topological polar surface area (TPSA) is 63.1 Å². The molecule has 26 heavy (non-hydrogen) atoms. The number of pyridine rings is 1. The second-order valence-electron chi connectivity index (χ2n) is 6.40. The highest BCUT2D eigenvalue weighted by Gasteiger charge is 2.16. The standard InChI is InChI=1S/C20H17FN2O2S/c21-14-9-13(10-15-7-4-8-16(22-15)20(24)25)18-17(11-14)26-19(23-18)12-5-2-1-3-6-12/h4-5,7-9,11H,1-3,6,10H2,(H,24,25). The maximum Gasteiger partial charge on any atom is 0.354 e. The van der Waals surface area contributed by atoms with Gasteiger partial charge in [0.1, 0.15) is 16.5 Å². The zero-order chi connectivity index (χ0) is 18.1. The molecule has 1 N–H and O–H groups in total. The van der Waals surface area contributed by atoms with Crippen molar-refractivity contribution in [3.63, 3.8) is 0 Å². The van der Waals surface area contributed by atoms with E-state index < -0.39 is 5.97 Å². The summed E-state index contributed by atoms with van der Waals surface area (Å²) < 4.78 is 14.9. The molecule has 3 aromatic rings. The summed E-state index contributed by atoms with van der Waals surface area (Å²) in [5.74, 6) is -1.38. The lowest BCUT2D eigenvalue weighted by atomic mass is 10.0. The molecular weight excluding hydrogens is 351 g/mol. The van der Waals surface area contributed by atoms with Gasteiger partial charge in [0.2, 0.25) is 0 Å². The Morgan fingerprint density at radius 2 is 2.12 bits per heavy atom. The summed E-state index contributed by atoms with van der Waals surface area (Å²) in [6.45, 7) is 0. The number of allylic oxidation sites excluding steroid dienone is 2. The number of fused-ring (bicyclic) bond motifs is 1. The van der Waals surface area contributed by atoms with Crippen molar-refractivity contribution in [2.45, 2.75) is 32.1 Å². The third-order valence-electron chi connectivity index (χ3n) is 4.50. The molecule has 2 heterocycles. The van der Waals surface area contributed by atoms with Crippen LogP contribution < -0.4 is 0 Å². The number of carboxylic acids is 1. The predicted octanol–water partition coefficient (Wildman–Crippen LogP) is 5.08. The van der Waals surface area contributed by atoms with Gasteiger partial charge in [-0.05, 0) is 61.1 Å². The Hall–Kier alpha value is -2.60. The van der Waals surface area contributed by atoms with Crippen LogP contribution in [-0.2, 0) is 6.42 Å². The minimum absolute atomic E-state index is 0.0125. The number of aromatic nitrogens is 2. The number of hydrogen-bond acceptors (Lipinski definition) is 4. The Morgan fingerprint density at radius 1 is 1.23 bits per heavy atom. The Kier molecular flexibility index (Phi) is 4.51. The largest absolute Gasteiger partial charge is 0.477 e. The van der Waals surface area contributed by atoms with E-state index in [-0.39, 0.29) is 11.5 Å². The molecule has 0 aliphatic heterocycles. The van der Waals surface area contributed by atoms with Crippen molar-refractivity contribution in [3.8, 4) is 0 Å². The van der Waals surface area contributed by atoms with Crippen LogP contribution in [0.15, 0.2) is 36.4 Å². The minimum Gasteiger partial charge on any atom is -0.477 e. The van der Waals surface area contributed by atoms with Crippen molar-refractivity contribution in [1.82, 2.24) is 9.97 Å². The fourth-order valence-electron chi connectivity index (χ4n) is 3.26. The van der Waals surface area contributed by atoms with Gasteiger partial charge in [0.25, 0.3) is 0 Å². The number of carboxylic acid groups (broad SMARTS) is 1. The zero-order valence-corrected chi connectivity index (χ0v) is 14.9. The molecule has 1 aliphatic carbocycles. The number of carbonyl (C=O) groups is 1. The van der Waals surface area contributed by atoms with Gasteiger partial charge in [-0.25, -0.2) is 19.2 Å². The van der Waals surface area contributed by atoms with E-state index in [1.165, 1.54) is 41.5 Å². The number of nitrogens with zero attached hydrogens (tertiary/aromatic N) is 2. The Bertz CT molecular complexity index is 1030. The van der Waals surface area contributed by atoms with E-state index >= 15 is 0 Å². The van der Waals surface area contributed by atoms with E-state index in [0.717, 1.165) is 40.1 Å². The first-order valence-corrected chi connectivity index (χ1v) is 9.39. The first-order chi connectivity index (χ1) is 12.6. The molecule has 6 heteroatoms. The van der Waals surface area contributed by atoms with E-state index in [9.17, 15) is 9.18 Å². The molecular formula is C20H17FN2O2S. The summed E-state index contributed by atoms with van der Waals surface area (Å²) in [4.78, 5) is 20.0. The van der Waals surface area contributed by atoms with Crippen LogP contribution in [0.5, 0.6) is 0 Å². The van der Waals surface area contributed by atoms with Crippen LogP contribution in [0.3, 0.4) is 0 Å². The van der Waals surface area contributed by atoms with Gasteiger partial charge in [0.15, 0.2) is 0 Å². The molecule has 0 saturated heterocycles. The van der Waals surface area contributed by atoms with Crippen molar-refractivity contribution in [2.24, 2.45) is 0 Å². The number of halogens is 1. The first-order valence-electron chi connectivity index (χ1n) is 8.58. The maximum atomic E-state index is 14.1. The maximum absolute atomic E-state index is 14.1. The molecule has 2 aromatic heterocycles. The Morgan fingerprint density at radius 3 is 2.88 bits per heavy atom. The number of hydrogen-bond donors (Lipinski definition) is 1. The van der Waals surface area contributed by atoms with Crippen LogP contribution in [0.4, 0.5) is 4.39 Å². The smallest absolute Gasteiger partial charge is 0.354 e. The summed E-state index contributed by atoms with van der Waals surface area (Å²) >= 11 is 1.52. The number of rotatable bonds is 4. The number of benzene rings is 1. The van der Waals surface area contributed by atoms with Crippen molar-refractivity contribution in [3.05, 3.63) is 64.2 Å². The normalized spacial score (nSPS) is 14.4.